The summed E-state index contributed by atoms with van der Waals surface area (Å²) in [6, 6.07) is 9.10. The first kappa shape index (κ1) is 21.2. The Hall–Kier alpha value is -3.09. The van der Waals surface area contributed by atoms with Crippen LogP contribution in [0.5, 0.6) is 0 Å². The molecular weight excluding hydrogens is 420 g/mol. The number of hydrogen-bond donors (Lipinski definition) is 3. The van der Waals surface area contributed by atoms with E-state index >= 15 is 0 Å². The molecule has 1 aromatic carbocycles. The van der Waals surface area contributed by atoms with Gasteiger partial charge in [-0.2, -0.15) is 10.4 Å². The van der Waals surface area contributed by atoms with E-state index in [1.807, 2.05) is 0 Å². The number of carbonyl (C=O) groups excluding carboxylic acids is 2. The van der Waals surface area contributed by atoms with Crippen molar-refractivity contribution in [3.63, 3.8) is 0 Å². The molecule has 1 aliphatic carbocycles. The van der Waals surface area contributed by atoms with Crippen molar-refractivity contribution in [2.24, 2.45) is 17.6 Å². The van der Waals surface area contributed by atoms with Gasteiger partial charge < -0.3 is 21.1 Å². The fourth-order valence-electron chi connectivity index (χ4n) is 3.99. The van der Waals surface area contributed by atoms with Crippen LogP contribution in [0, 0.1) is 23.2 Å². The quantitative estimate of drug-likeness (QED) is 0.628. The third kappa shape index (κ3) is 4.65. The molecule has 162 valence electrons. The van der Waals surface area contributed by atoms with Crippen LogP contribution in [-0.2, 0) is 9.53 Å². The minimum atomic E-state index is -0.619. The number of carbonyl (C=O) groups is 2. The molecule has 0 unspecified atom stereocenters. The lowest BCUT2D eigenvalue weighted by Gasteiger charge is -2.34. The number of anilines is 2. The SMILES string of the molecule is N#C[C@@H]1C[C@H](C(=O)NC2COC2)CC[C@H]1n1cc(C(N)=O)c(Nc2ccc(Cl)cc2)n1. The fraction of sp³-hybridized carbons (Fsp3) is 0.429. The second-order valence-corrected chi connectivity index (χ2v) is 8.36. The van der Waals surface area contributed by atoms with Crippen LogP contribution in [0.25, 0.3) is 0 Å². The third-order valence-corrected chi connectivity index (χ3v) is 6.03. The number of halogens is 1. The van der Waals surface area contributed by atoms with Gasteiger partial charge >= 0.3 is 0 Å². The zero-order chi connectivity index (χ0) is 22.0. The minimum absolute atomic E-state index is 0.0321. The molecule has 2 heterocycles. The largest absolute Gasteiger partial charge is 0.377 e. The molecular formula is C21H23ClN6O3. The summed E-state index contributed by atoms with van der Waals surface area (Å²) < 4.78 is 6.72. The molecule has 1 saturated heterocycles. The van der Waals surface area contributed by atoms with Gasteiger partial charge in [0.15, 0.2) is 5.82 Å². The third-order valence-electron chi connectivity index (χ3n) is 5.78. The molecule has 10 heteroatoms. The summed E-state index contributed by atoms with van der Waals surface area (Å²) in [6.07, 6.45) is 3.24. The second kappa shape index (κ2) is 8.96. The van der Waals surface area contributed by atoms with E-state index < -0.39 is 11.8 Å². The molecule has 1 aromatic heterocycles. The van der Waals surface area contributed by atoms with E-state index in [4.69, 9.17) is 22.1 Å². The number of nitrogens with one attached hydrogen (secondary N) is 2. The van der Waals surface area contributed by atoms with Crippen molar-refractivity contribution in [3.8, 4) is 6.07 Å². The van der Waals surface area contributed by atoms with Gasteiger partial charge in [-0.05, 0) is 43.5 Å². The standard InChI is InChI=1S/C21H23ClN6O3/c22-14-2-4-15(5-3-14)25-20-17(19(24)29)9-28(27-20)18-6-1-12(7-13(18)8-23)21(30)26-16-10-31-11-16/h2-5,9,12-13,16,18H,1,6-7,10-11H2,(H2,24,29)(H,25,27)(H,26,30)/t12-,13+,18-/m1/s1. The van der Waals surface area contributed by atoms with Crippen LogP contribution < -0.4 is 16.4 Å². The molecule has 1 saturated carbocycles. The molecule has 0 radical (unpaired) electrons. The number of nitrogens with zero attached hydrogens (tertiary/aromatic N) is 3. The smallest absolute Gasteiger partial charge is 0.254 e. The molecule has 2 aliphatic rings. The molecule has 2 fully saturated rings. The Morgan fingerprint density at radius 3 is 2.61 bits per heavy atom. The van der Waals surface area contributed by atoms with Crippen molar-refractivity contribution in [1.29, 1.82) is 5.26 Å². The summed E-state index contributed by atoms with van der Waals surface area (Å²) in [7, 11) is 0. The highest BCUT2D eigenvalue weighted by Gasteiger charge is 2.37. The van der Waals surface area contributed by atoms with Crippen molar-refractivity contribution < 1.29 is 14.3 Å². The topological polar surface area (TPSA) is 135 Å². The Bertz CT molecular complexity index is 1010. The Balaban J connectivity index is 1.50. The molecule has 3 atom stereocenters. The first-order chi connectivity index (χ1) is 14.9. The lowest BCUT2D eigenvalue weighted by atomic mass is 9.78. The Kier molecular flexibility index (Phi) is 6.11. The zero-order valence-electron chi connectivity index (χ0n) is 16.8. The summed E-state index contributed by atoms with van der Waals surface area (Å²) in [5, 5.41) is 20.9. The van der Waals surface area contributed by atoms with Gasteiger partial charge in [-0.25, -0.2) is 0 Å². The van der Waals surface area contributed by atoms with Crippen molar-refractivity contribution >= 4 is 34.9 Å². The normalized spacial score (nSPS) is 23.4. The number of benzene rings is 1. The number of hydrogen-bond acceptors (Lipinski definition) is 6. The first-order valence-corrected chi connectivity index (χ1v) is 10.5. The number of aromatic nitrogens is 2. The van der Waals surface area contributed by atoms with E-state index in [-0.39, 0.29) is 29.5 Å². The number of primary amides is 1. The Labute approximate surface area is 184 Å². The van der Waals surface area contributed by atoms with Gasteiger partial charge in [-0.1, -0.05) is 11.6 Å². The molecule has 0 spiro atoms. The molecule has 2 aromatic rings. The highest BCUT2D eigenvalue weighted by Crippen LogP contribution is 2.38. The lowest BCUT2D eigenvalue weighted by Crippen LogP contribution is -2.51. The molecule has 0 bridgehead atoms. The van der Waals surface area contributed by atoms with Gasteiger partial charge in [0.1, 0.15) is 5.56 Å². The van der Waals surface area contributed by atoms with Crippen LogP contribution in [0.3, 0.4) is 0 Å². The van der Waals surface area contributed by atoms with Crippen LogP contribution in [0.15, 0.2) is 30.5 Å². The summed E-state index contributed by atoms with van der Waals surface area (Å²) in [5.41, 5.74) is 6.48. The van der Waals surface area contributed by atoms with Crippen LogP contribution in [0.1, 0.15) is 35.7 Å². The predicted molar refractivity (Wildman–Crippen MR) is 114 cm³/mol. The van der Waals surface area contributed by atoms with Crippen LogP contribution >= 0.6 is 11.6 Å². The fourth-order valence-corrected chi connectivity index (χ4v) is 4.12. The van der Waals surface area contributed by atoms with Crippen molar-refractivity contribution in [3.05, 3.63) is 41.0 Å². The number of amides is 2. The van der Waals surface area contributed by atoms with Gasteiger partial charge in [0.05, 0.1) is 37.3 Å². The van der Waals surface area contributed by atoms with Gasteiger partial charge in [-0.15, -0.1) is 0 Å². The van der Waals surface area contributed by atoms with Crippen LogP contribution in [0.2, 0.25) is 5.02 Å². The van der Waals surface area contributed by atoms with E-state index in [1.165, 1.54) is 0 Å². The average molecular weight is 443 g/mol. The summed E-state index contributed by atoms with van der Waals surface area (Å²) in [6.45, 7) is 1.07. The maximum absolute atomic E-state index is 12.5. The highest BCUT2D eigenvalue weighted by atomic mass is 35.5. The Morgan fingerprint density at radius 2 is 2.00 bits per heavy atom. The number of ether oxygens (including phenoxy) is 1. The van der Waals surface area contributed by atoms with Crippen molar-refractivity contribution in [1.82, 2.24) is 15.1 Å². The van der Waals surface area contributed by atoms with Gasteiger partial charge in [0, 0.05) is 22.8 Å². The van der Waals surface area contributed by atoms with E-state index in [9.17, 15) is 14.9 Å². The first-order valence-electron chi connectivity index (χ1n) is 10.1. The van der Waals surface area contributed by atoms with Crippen LogP contribution in [-0.4, -0.2) is 40.9 Å². The summed E-state index contributed by atoms with van der Waals surface area (Å²) in [4.78, 5) is 24.5. The van der Waals surface area contributed by atoms with Gasteiger partial charge in [0.25, 0.3) is 5.91 Å². The minimum Gasteiger partial charge on any atom is -0.377 e. The Morgan fingerprint density at radius 1 is 1.26 bits per heavy atom. The number of nitrogens with two attached hydrogens (primary N) is 1. The van der Waals surface area contributed by atoms with Crippen LogP contribution in [0.4, 0.5) is 11.5 Å². The van der Waals surface area contributed by atoms with E-state index in [0.29, 0.717) is 49.0 Å². The lowest BCUT2D eigenvalue weighted by molar-refractivity contribution is -0.130. The molecule has 2 amide bonds. The number of nitriles is 1. The molecule has 4 rings (SSSR count). The van der Waals surface area contributed by atoms with Crippen molar-refractivity contribution in [2.75, 3.05) is 18.5 Å². The summed E-state index contributed by atoms with van der Waals surface area (Å²) in [5.74, 6) is -0.968. The predicted octanol–water partition coefficient (Wildman–Crippen LogP) is 2.37. The maximum atomic E-state index is 12.5. The van der Waals surface area contributed by atoms with E-state index in [1.54, 1.807) is 35.1 Å². The van der Waals surface area contributed by atoms with E-state index in [0.717, 1.165) is 0 Å². The highest BCUT2D eigenvalue weighted by molar-refractivity contribution is 6.30. The molecule has 9 nitrogen and oxygen atoms in total. The summed E-state index contributed by atoms with van der Waals surface area (Å²) >= 11 is 5.92. The number of rotatable bonds is 6. The molecule has 4 N–H and O–H groups in total. The molecule has 31 heavy (non-hydrogen) atoms. The monoisotopic (exact) mass is 442 g/mol. The molecule has 1 aliphatic heterocycles. The zero-order valence-corrected chi connectivity index (χ0v) is 17.5. The van der Waals surface area contributed by atoms with Gasteiger partial charge in [0.2, 0.25) is 5.91 Å². The van der Waals surface area contributed by atoms with Crippen molar-refractivity contribution in [2.45, 2.75) is 31.3 Å². The maximum Gasteiger partial charge on any atom is 0.254 e. The van der Waals surface area contributed by atoms with Gasteiger partial charge in [-0.3, -0.25) is 14.3 Å². The van der Waals surface area contributed by atoms with E-state index in [2.05, 4.69) is 21.8 Å². The average Bonchev–Trinajstić information content (AvgIpc) is 3.15. The second-order valence-electron chi connectivity index (χ2n) is 7.92.